The first kappa shape index (κ1) is 13.9. The molecule has 0 unspecified atom stereocenters. The van der Waals surface area contributed by atoms with Crippen molar-refractivity contribution in [3.8, 4) is 22.8 Å². The molecule has 0 fully saturated rings. The van der Waals surface area contributed by atoms with Crippen LogP contribution in [0.3, 0.4) is 0 Å². The van der Waals surface area contributed by atoms with E-state index in [4.69, 9.17) is 9.15 Å². The molecule has 0 radical (unpaired) electrons. The fourth-order valence-electron chi connectivity index (χ4n) is 2.21. The summed E-state index contributed by atoms with van der Waals surface area (Å²) >= 11 is 0. The summed E-state index contributed by atoms with van der Waals surface area (Å²) in [6.45, 7) is 1.25. The maximum absolute atomic E-state index is 12.2. The first-order valence-corrected chi connectivity index (χ1v) is 6.59. The molecule has 0 saturated carbocycles. The molecule has 3 rings (SSSR count). The molecule has 0 aliphatic carbocycles. The average molecular weight is 296 g/mol. The Kier molecular flexibility index (Phi) is 3.39. The lowest BCUT2D eigenvalue weighted by Gasteiger charge is -2.07. The Morgan fingerprint density at radius 1 is 1.14 bits per heavy atom. The van der Waals surface area contributed by atoms with E-state index in [9.17, 15) is 14.7 Å². The number of carbonyl (C=O) groups is 1. The lowest BCUT2D eigenvalue weighted by Crippen LogP contribution is -2.04. The molecule has 0 aliphatic heterocycles. The third kappa shape index (κ3) is 2.56. The lowest BCUT2D eigenvalue weighted by atomic mass is 10.1. The molecule has 5 heteroatoms. The van der Waals surface area contributed by atoms with Crippen LogP contribution in [0.15, 0.2) is 57.7 Å². The van der Waals surface area contributed by atoms with Gasteiger partial charge in [-0.3, -0.25) is 9.59 Å². The topological polar surface area (TPSA) is 76.7 Å². The Bertz CT molecular complexity index is 909. The van der Waals surface area contributed by atoms with Gasteiger partial charge in [-0.05, 0) is 0 Å². The Labute approximate surface area is 125 Å². The quantitative estimate of drug-likeness (QED) is 0.581. The number of ether oxygens (including phenoxy) is 1. The molecule has 0 aliphatic rings. The summed E-state index contributed by atoms with van der Waals surface area (Å²) in [6, 6.07) is 13.1. The van der Waals surface area contributed by atoms with Gasteiger partial charge in [0.05, 0.1) is 0 Å². The minimum absolute atomic E-state index is 0.0515. The van der Waals surface area contributed by atoms with Gasteiger partial charge in [0.1, 0.15) is 28.2 Å². The van der Waals surface area contributed by atoms with Crippen molar-refractivity contribution in [1.82, 2.24) is 0 Å². The van der Waals surface area contributed by atoms with Gasteiger partial charge in [0.2, 0.25) is 0 Å². The molecule has 1 N–H and O–H groups in total. The van der Waals surface area contributed by atoms with E-state index in [1.54, 1.807) is 12.1 Å². The second-order valence-corrected chi connectivity index (χ2v) is 4.75. The summed E-state index contributed by atoms with van der Waals surface area (Å²) in [6.07, 6.45) is 0. The molecular formula is C17H12O5. The van der Waals surface area contributed by atoms with E-state index >= 15 is 0 Å². The SMILES string of the molecule is CC(=O)Oc1cc(O)c2c(=O)cc(-c3ccccc3)oc2c1. The van der Waals surface area contributed by atoms with Crippen LogP contribution in [0.5, 0.6) is 11.5 Å². The second kappa shape index (κ2) is 5.37. The molecule has 5 nitrogen and oxygen atoms in total. The second-order valence-electron chi connectivity index (χ2n) is 4.75. The number of aromatic hydroxyl groups is 1. The van der Waals surface area contributed by atoms with Crippen LogP contribution in [0, 0.1) is 0 Å². The number of rotatable bonds is 2. The first-order chi connectivity index (χ1) is 10.5. The van der Waals surface area contributed by atoms with Crippen molar-refractivity contribution in [2.75, 3.05) is 0 Å². The minimum Gasteiger partial charge on any atom is -0.507 e. The molecule has 110 valence electrons. The molecule has 0 bridgehead atoms. The Morgan fingerprint density at radius 3 is 2.55 bits per heavy atom. The minimum atomic E-state index is -0.527. The predicted molar refractivity (Wildman–Crippen MR) is 80.9 cm³/mol. The van der Waals surface area contributed by atoms with Crippen LogP contribution in [-0.4, -0.2) is 11.1 Å². The van der Waals surface area contributed by atoms with Crippen molar-refractivity contribution >= 4 is 16.9 Å². The highest BCUT2D eigenvalue weighted by Crippen LogP contribution is 2.31. The molecule has 22 heavy (non-hydrogen) atoms. The van der Waals surface area contributed by atoms with Crippen LogP contribution in [0.25, 0.3) is 22.3 Å². The van der Waals surface area contributed by atoms with Crippen molar-refractivity contribution in [2.24, 2.45) is 0 Å². The van der Waals surface area contributed by atoms with Gasteiger partial charge in [0.15, 0.2) is 5.43 Å². The van der Waals surface area contributed by atoms with Crippen LogP contribution in [-0.2, 0) is 4.79 Å². The summed E-state index contributed by atoms with van der Waals surface area (Å²) < 4.78 is 10.6. The number of phenolic OH excluding ortho intramolecular Hbond substituents is 1. The maximum Gasteiger partial charge on any atom is 0.308 e. The number of benzene rings is 2. The Balaban J connectivity index is 2.23. The summed E-state index contributed by atoms with van der Waals surface area (Å²) in [7, 11) is 0. The fourth-order valence-corrected chi connectivity index (χ4v) is 2.21. The van der Waals surface area contributed by atoms with Crippen LogP contribution < -0.4 is 10.2 Å². The maximum atomic E-state index is 12.2. The highest BCUT2D eigenvalue weighted by atomic mass is 16.5. The Morgan fingerprint density at radius 2 is 1.86 bits per heavy atom. The van der Waals surface area contributed by atoms with E-state index < -0.39 is 5.97 Å². The van der Waals surface area contributed by atoms with E-state index in [1.807, 2.05) is 18.2 Å². The predicted octanol–water partition coefficient (Wildman–Crippen LogP) is 3.09. The van der Waals surface area contributed by atoms with E-state index in [-0.39, 0.29) is 27.9 Å². The van der Waals surface area contributed by atoms with E-state index in [2.05, 4.69) is 0 Å². The first-order valence-electron chi connectivity index (χ1n) is 6.59. The Hall–Kier alpha value is -3.08. The van der Waals surface area contributed by atoms with Crippen LogP contribution >= 0.6 is 0 Å². The molecule has 0 amide bonds. The summed E-state index contributed by atoms with van der Waals surface area (Å²) in [5, 5.41) is 10.0. The highest BCUT2D eigenvalue weighted by Gasteiger charge is 2.13. The van der Waals surface area contributed by atoms with Gasteiger partial charge in [0, 0.05) is 30.7 Å². The number of phenols is 1. The summed E-state index contributed by atoms with van der Waals surface area (Å²) in [5.41, 5.74) is 0.522. The van der Waals surface area contributed by atoms with Crippen LogP contribution in [0.1, 0.15) is 6.92 Å². The van der Waals surface area contributed by atoms with Gasteiger partial charge in [-0.25, -0.2) is 0 Å². The van der Waals surface area contributed by atoms with E-state index in [0.29, 0.717) is 5.76 Å². The molecule has 0 spiro atoms. The molecule has 3 aromatic rings. The molecule has 0 saturated heterocycles. The van der Waals surface area contributed by atoms with Gasteiger partial charge in [-0.1, -0.05) is 30.3 Å². The normalized spacial score (nSPS) is 10.6. The number of esters is 1. The monoisotopic (exact) mass is 296 g/mol. The van der Waals surface area contributed by atoms with E-state index in [1.165, 1.54) is 25.1 Å². The smallest absolute Gasteiger partial charge is 0.308 e. The molecule has 2 aromatic carbocycles. The van der Waals surface area contributed by atoms with Gasteiger partial charge >= 0.3 is 5.97 Å². The van der Waals surface area contributed by atoms with Crippen molar-refractivity contribution < 1.29 is 19.1 Å². The van der Waals surface area contributed by atoms with Crippen molar-refractivity contribution in [3.63, 3.8) is 0 Å². The third-order valence-electron chi connectivity index (χ3n) is 3.10. The van der Waals surface area contributed by atoms with E-state index in [0.717, 1.165) is 5.56 Å². The third-order valence-corrected chi connectivity index (χ3v) is 3.10. The number of hydrogen-bond donors (Lipinski definition) is 1. The van der Waals surface area contributed by atoms with Crippen LogP contribution in [0.2, 0.25) is 0 Å². The molecular weight excluding hydrogens is 284 g/mol. The summed E-state index contributed by atoms with van der Waals surface area (Å²) in [5.74, 6) is -0.328. The lowest BCUT2D eigenvalue weighted by molar-refractivity contribution is -0.131. The zero-order chi connectivity index (χ0) is 15.7. The van der Waals surface area contributed by atoms with Gasteiger partial charge < -0.3 is 14.3 Å². The van der Waals surface area contributed by atoms with Crippen molar-refractivity contribution in [1.29, 1.82) is 0 Å². The number of carbonyl (C=O) groups excluding carboxylic acids is 1. The number of hydrogen-bond acceptors (Lipinski definition) is 5. The zero-order valence-corrected chi connectivity index (χ0v) is 11.7. The summed E-state index contributed by atoms with van der Waals surface area (Å²) in [4.78, 5) is 23.2. The zero-order valence-electron chi connectivity index (χ0n) is 11.7. The average Bonchev–Trinajstić information content (AvgIpc) is 2.46. The molecule has 1 aromatic heterocycles. The van der Waals surface area contributed by atoms with Gasteiger partial charge in [0.25, 0.3) is 0 Å². The van der Waals surface area contributed by atoms with Gasteiger partial charge in [-0.15, -0.1) is 0 Å². The molecule has 0 atom stereocenters. The largest absolute Gasteiger partial charge is 0.507 e. The highest BCUT2D eigenvalue weighted by molar-refractivity contribution is 5.86. The standard InChI is InChI=1S/C17H12O5/c1-10(18)21-12-7-13(19)17-14(20)9-15(22-16(17)8-12)11-5-3-2-4-6-11/h2-9,19H,1H3. The van der Waals surface area contributed by atoms with Crippen molar-refractivity contribution in [2.45, 2.75) is 6.92 Å². The number of fused-ring (bicyclic) bond motifs is 1. The fraction of sp³-hybridized carbons (Fsp3) is 0.0588. The van der Waals surface area contributed by atoms with Gasteiger partial charge in [-0.2, -0.15) is 0 Å². The van der Waals surface area contributed by atoms with Crippen LogP contribution in [0.4, 0.5) is 0 Å². The van der Waals surface area contributed by atoms with Crippen molar-refractivity contribution in [3.05, 3.63) is 58.8 Å². The molecule has 1 heterocycles.